The summed E-state index contributed by atoms with van der Waals surface area (Å²) < 4.78 is 5.21. The Bertz CT molecular complexity index is 584. The van der Waals surface area contributed by atoms with E-state index in [4.69, 9.17) is 0 Å². The molecule has 5 nitrogen and oxygen atoms in total. The molecular weight excluding hydrogens is 314 g/mol. The first-order valence-electron chi connectivity index (χ1n) is 5.10. The number of ketones is 1. The fourth-order valence-corrected chi connectivity index (χ4v) is 1.52. The number of esters is 1. The molecule has 1 rings (SSSR count). The molecule has 98 valence electrons. The Hall–Kier alpha value is -2.13. The molecule has 0 heterocycles. The van der Waals surface area contributed by atoms with Crippen LogP contribution in [0, 0.1) is 11.8 Å². The Labute approximate surface area is 118 Å². The van der Waals surface area contributed by atoms with Crippen LogP contribution in [-0.2, 0) is 14.4 Å². The number of Topliss-reactive ketones (excluding diaryl/α,β-unsaturated/α-hetero) is 1. The molecule has 0 aliphatic heterocycles. The molecular formula is C13H10BrNO4. The minimum absolute atomic E-state index is 0.270. The summed E-state index contributed by atoms with van der Waals surface area (Å²) in [5, 5.41) is 3.39. The van der Waals surface area contributed by atoms with E-state index >= 15 is 0 Å². The number of halogens is 1. The van der Waals surface area contributed by atoms with Gasteiger partial charge >= 0.3 is 5.97 Å². The highest BCUT2D eigenvalue weighted by Gasteiger charge is 2.10. The predicted octanol–water partition coefficient (Wildman–Crippen LogP) is 1.81. The molecule has 1 aromatic rings. The van der Waals surface area contributed by atoms with Gasteiger partial charge < -0.3 is 9.57 Å². The summed E-state index contributed by atoms with van der Waals surface area (Å²) in [7, 11) is 2.45. The highest BCUT2D eigenvalue weighted by Crippen LogP contribution is 2.11. The third-order valence-electron chi connectivity index (χ3n) is 1.94. The van der Waals surface area contributed by atoms with E-state index in [0.717, 1.165) is 4.47 Å². The van der Waals surface area contributed by atoms with Crippen LogP contribution in [0.15, 0.2) is 33.9 Å². The molecule has 19 heavy (non-hydrogen) atoms. The maximum absolute atomic E-state index is 11.8. The highest BCUT2D eigenvalue weighted by molar-refractivity contribution is 9.10. The van der Waals surface area contributed by atoms with Crippen molar-refractivity contribution in [2.24, 2.45) is 5.16 Å². The molecule has 0 unspecified atom stereocenters. The lowest BCUT2D eigenvalue weighted by Gasteiger charge is -1.96. The molecule has 0 atom stereocenters. The fraction of sp³-hybridized carbons (Fsp3) is 0.154. The van der Waals surface area contributed by atoms with Gasteiger partial charge in [0.05, 0.1) is 7.11 Å². The van der Waals surface area contributed by atoms with Gasteiger partial charge in [0.1, 0.15) is 7.11 Å². The van der Waals surface area contributed by atoms with Crippen LogP contribution in [0.4, 0.5) is 0 Å². The molecule has 0 saturated heterocycles. The molecule has 0 bridgehead atoms. The van der Waals surface area contributed by atoms with Crippen molar-refractivity contribution in [2.75, 3.05) is 14.2 Å². The molecule has 0 radical (unpaired) electrons. The highest BCUT2D eigenvalue weighted by atomic mass is 79.9. The lowest BCUT2D eigenvalue weighted by atomic mass is 10.1. The quantitative estimate of drug-likeness (QED) is 0.212. The van der Waals surface area contributed by atoms with Gasteiger partial charge in [-0.15, -0.1) is 0 Å². The van der Waals surface area contributed by atoms with Crippen LogP contribution in [-0.4, -0.2) is 31.7 Å². The Morgan fingerprint density at radius 1 is 1.26 bits per heavy atom. The minimum Gasteiger partial charge on any atom is -0.464 e. The molecule has 0 fully saturated rings. The van der Waals surface area contributed by atoms with Crippen molar-refractivity contribution in [2.45, 2.75) is 0 Å². The number of carbonyl (C=O) groups excluding carboxylic acids is 2. The van der Waals surface area contributed by atoms with E-state index in [1.165, 1.54) is 14.2 Å². The Kier molecular flexibility index (Phi) is 5.76. The van der Waals surface area contributed by atoms with Crippen molar-refractivity contribution >= 4 is 33.4 Å². The van der Waals surface area contributed by atoms with Crippen molar-refractivity contribution in [1.82, 2.24) is 0 Å². The zero-order valence-corrected chi connectivity index (χ0v) is 11.9. The fourth-order valence-electron chi connectivity index (χ4n) is 1.12. The normalized spacial score (nSPS) is 10.2. The van der Waals surface area contributed by atoms with Crippen LogP contribution in [0.5, 0.6) is 0 Å². The molecule has 0 aliphatic rings. The third-order valence-corrected chi connectivity index (χ3v) is 2.44. The van der Waals surface area contributed by atoms with Crippen LogP contribution in [0.3, 0.4) is 0 Å². The van der Waals surface area contributed by atoms with Gasteiger partial charge in [-0.05, 0) is 24.0 Å². The van der Waals surface area contributed by atoms with Crippen molar-refractivity contribution in [3.63, 3.8) is 0 Å². The van der Waals surface area contributed by atoms with Crippen molar-refractivity contribution in [3.8, 4) is 11.8 Å². The van der Waals surface area contributed by atoms with E-state index < -0.39 is 11.8 Å². The van der Waals surface area contributed by atoms with Crippen LogP contribution >= 0.6 is 15.9 Å². The Morgan fingerprint density at radius 3 is 2.58 bits per heavy atom. The maximum atomic E-state index is 11.8. The summed E-state index contributed by atoms with van der Waals surface area (Å²) in [6.07, 6.45) is 0. The monoisotopic (exact) mass is 323 g/mol. The van der Waals surface area contributed by atoms with Gasteiger partial charge in [0, 0.05) is 10.0 Å². The van der Waals surface area contributed by atoms with Crippen molar-refractivity contribution in [1.29, 1.82) is 0 Å². The average molecular weight is 324 g/mol. The lowest BCUT2D eigenvalue weighted by molar-refractivity contribution is -0.132. The van der Waals surface area contributed by atoms with Gasteiger partial charge in [0.15, 0.2) is 0 Å². The molecule has 0 aromatic heterocycles. The summed E-state index contributed by atoms with van der Waals surface area (Å²) in [6, 6.07) is 6.75. The van der Waals surface area contributed by atoms with Crippen LogP contribution in [0.1, 0.15) is 10.4 Å². The average Bonchev–Trinajstić information content (AvgIpc) is 2.42. The molecule has 6 heteroatoms. The van der Waals surface area contributed by atoms with Crippen LogP contribution < -0.4 is 0 Å². The topological polar surface area (TPSA) is 65.0 Å². The van der Waals surface area contributed by atoms with Crippen LogP contribution in [0.2, 0.25) is 0 Å². The summed E-state index contributed by atoms with van der Waals surface area (Å²) in [6.45, 7) is 0. The first-order chi connectivity index (χ1) is 9.08. The van der Waals surface area contributed by atoms with E-state index in [-0.39, 0.29) is 5.71 Å². The smallest absolute Gasteiger partial charge is 0.368 e. The number of benzene rings is 1. The second kappa shape index (κ2) is 7.34. The molecule has 0 N–H and O–H groups in total. The summed E-state index contributed by atoms with van der Waals surface area (Å²) >= 11 is 3.25. The zero-order valence-electron chi connectivity index (χ0n) is 10.3. The van der Waals surface area contributed by atoms with E-state index in [0.29, 0.717) is 5.56 Å². The number of carbonyl (C=O) groups is 2. The molecule has 0 saturated carbocycles. The lowest BCUT2D eigenvalue weighted by Crippen LogP contribution is -2.14. The summed E-state index contributed by atoms with van der Waals surface area (Å²) in [5.41, 5.74) is 0.136. The number of methoxy groups -OCH3 is 1. The Balaban J connectivity index is 2.95. The summed E-state index contributed by atoms with van der Waals surface area (Å²) in [4.78, 5) is 27.5. The zero-order chi connectivity index (χ0) is 14.3. The van der Waals surface area contributed by atoms with E-state index in [1.54, 1.807) is 24.3 Å². The molecule has 0 amide bonds. The van der Waals surface area contributed by atoms with Crippen molar-refractivity contribution in [3.05, 3.63) is 34.3 Å². The van der Waals surface area contributed by atoms with E-state index in [9.17, 15) is 9.59 Å². The first kappa shape index (κ1) is 14.9. The minimum atomic E-state index is -0.767. The standard InChI is InChI=1S/C13H10BrNO4/c1-18-13(17)11(15-19-2)6-7-12(16)9-4-3-5-10(14)8-9/h3-5,8H,1-2H3/b15-11+. The number of nitrogens with zero attached hydrogens (tertiary/aromatic N) is 1. The van der Waals surface area contributed by atoms with Gasteiger partial charge in [-0.2, -0.15) is 0 Å². The van der Waals surface area contributed by atoms with E-state index in [2.05, 4.69) is 42.5 Å². The van der Waals surface area contributed by atoms with Gasteiger partial charge in [0.2, 0.25) is 11.5 Å². The SMILES string of the molecule is CO/N=C(\C#CC(=O)c1cccc(Br)c1)C(=O)OC. The number of hydrogen-bond acceptors (Lipinski definition) is 5. The Morgan fingerprint density at radius 2 is 2.00 bits per heavy atom. The molecule has 0 spiro atoms. The van der Waals surface area contributed by atoms with Crippen LogP contribution in [0.25, 0.3) is 0 Å². The first-order valence-corrected chi connectivity index (χ1v) is 5.89. The van der Waals surface area contributed by atoms with Crippen molar-refractivity contribution < 1.29 is 19.2 Å². The van der Waals surface area contributed by atoms with Gasteiger partial charge in [-0.3, -0.25) is 4.79 Å². The van der Waals surface area contributed by atoms with Gasteiger partial charge in [-0.1, -0.05) is 33.2 Å². The largest absolute Gasteiger partial charge is 0.464 e. The second-order valence-electron chi connectivity index (χ2n) is 3.20. The summed E-state index contributed by atoms with van der Waals surface area (Å²) in [5.74, 6) is 3.43. The van der Waals surface area contributed by atoms with E-state index in [1.807, 2.05) is 0 Å². The number of oxime groups is 1. The third kappa shape index (κ3) is 4.56. The number of ether oxygens (including phenoxy) is 1. The van der Waals surface area contributed by atoms with Gasteiger partial charge in [0.25, 0.3) is 0 Å². The maximum Gasteiger partial charge on any atom is 0.368 e. The van der Waals surface area contributed by atoms with Gasteiger partial charge in [-0.25, -0.2) is 4.79 Å². The molecule has 0 aliphatic carbocycles. The second-order valence-corrected chi connectivity index (χ2v) is 4.12. The number of rotatable bonds is 3. The molecule has 1 aromatic carbocycles. The predicted molar refractivity (Wildman–Crippen MR) is 72.7 cm³/mol. The number of hydrogen-bond donors (Lipinski definition) is 0.